The highest BCUT2D eigenvalue weighted by Gasteiger charge is 2.44. The second kappa shape index (κ2) is 3.56. The third-order valence-corrected chi connectivity index (χ3v) is 4.47. The second-order valence-corrected chi connectivity index (χ2v) is 5.49. The number of halogens is 1. The minimum absolute atomic E-state index is 0.171. The lowest BCUT2D eigenvalue weighted by Crippen LogP contribution is -2.29. The Balaban J connectivity index is 2.15. The summed E-state index contributed by atoms with van der Waals surface area (Å²) < 4.78 is 1.22. The van der Waals surface area contributed by atoms with E-state index in [0.29, 0.717) is 0 Å². The number of fused-ring (bicyclic) bond motifs is 1. The third-order valence-electron chi connectivity index (χ3n) is 3.78. The molecule has 0 aromatic heterocycles. The maximum Gasteiger partial charge on any atom is 0.0484 e. The summed E-state index contributed by atoms with van der Waals surface area (Å²) in [5.74, 6) is 0. The molecule has 1 aromatic rings. The summed E-state index contributed by atoms with van der Waals surface area (Å²) in [5.41, 5.74) is 4.26. The average Bonchev–Trinajstić information content (AvgIpc) is 2.82. The fraction of sp³-hybridized carbons (Fsp3) is 0.357. The first-order chi connectivity index (χ1) is 7.74. The van der Waals surface area contributed by atoms with E-state index in [1.807, 2.05) is 0 Å². The second-order valence-electron chi connectivity index (χ2n) is 4.63. The van der Waals surface area contributed by atoms with Gasteiger partial charge in [0.2, 0.25) is 0 Å². The first-order valence-corrected chi connectivity index (χ1v) is 6.50. The van der Waals surface area contributed by atoms with Crippen molar-refractivity contribution in [2.75, 3.05) is 6.54 Å². The van der Waals surface area contributed by atoms with Crippen molar-refractivity contribution < 1.29 is 0 Å². The lowest BCUT2D eigenvalue weighted by Gasteiger charge is -2.27. The molecule has 0 saturated heterocycles. The van der Waals surface area contributed by atoms with Crippen molar-refractivity contribution in [1.82, 2.24) is 0 Å². The summed E-state index contributed by atoms with van der Waals surface area (Å²) in [6.07, 6.45) is 4.59. The predicted octanol–water partition coefficient (Wildman–Crippen LogP) is 3.88. The molecule has 16 heavy (non-hydrogen) atoms. The molecular formula is C14H14BrN. The Morgan fingerprint density at radius 1 is 1.31 bits per heavy atom. The molecule has 82 valence electrons. The van der Waals surface area contributed by atoms with Crippen molar-refractivity contribution in [1.29, 1.82) is 0 Å². The summed E-state index contributed by atoms with van der Waals surface area (Å²) in [7, 11) is 0. The van der Waals surface area contributed by atoms with Crippen LogP contribution in [-0.4, -0.2) is 12.3 Å². The van der Waals surface area contributed by atoms with Crippen molar-refractivity contribution in [2.24, 2.45) is 4.99 Å². The average molecular weight is 276 g/mol. The fourth-order valence-corrected chi connectivity index (χ4v) is 3.64. The molecule has 0 spiro atoms. The SMILES string of the molecule is CC1=CC[C@@]2(c3ccccc3Br)CCN=C12. The lowest BCUT2D eigenvalue weighted by molar-refractivity contribution is 0.584. The van der Waals surface area contributed by atoms with E-state index in [-0.39, 0.29) is 5.41 Å². The first-order valence-electron chi connectivity index (χ1n) is 5.71. The van der Waals surface area contributed by atoms with Crippen LogP contribution in [0, 0.1) is 0 Å². The molecule has 0 bridgehead atoms. The lowest BCUT2D eigenvalue weighted by atomic mass is 9.75. The van der Waals surface area contributed by atoms with Crippen LogP contribution in [0.5, 0.6) is 0 Å². The van der Waals surface area contributed by atoms with E-state index in [9.17, 15) is 0 Å². The number of allylic oxidation sites excluding steroid dienone is 2. The molecule has 0 amide bonds. The standard InChI is InChI=1S/C14H14BrN/c1-10-6-7-14(8-9-16-13(10)14)11-4-2-3-5-12(11)15/h2-6H,7-9H2,1H3/t14-/m0/s1. The van der Waals surface area contributed by atoms with Gasteiger partial charge in [-0.15, -0.1) is 0 Å². The highest BCUT2D eigenvalue weighted by molar-refractivity contribution is 9.10. The summed E-state index contributed by atoms with van der Waals surface area (Å²) in [6.45, 7) is 3.16. The van der Waals surface area contributed by atoms with Crippen LogP contribution in [0.15, 0.2) is 45.4 Å². The zero-order chi connectivity index (χ0) is 11.2. The normalized spacial score (nSPS) is 27.6. The maximum absolute atomic E-state index is 4.70. The highest BCUT2D eigenvalue weighted by atomic mass is 79.9. The van der Waals surface area contributed by atoms with Crippen LogP contribution in [0.4, 0.5) is 0 Å². The van der Waals surface area contributed by atoms with Gasteiger partial charge in [-0.25, -0.2) is 0 Å². The Hall–Kier alpha value is -0.890. The van der Waals surface area contributed by atoms with Crippen molar-refractivity contribution in [3.8, 4) is 0 Å². The number of rotatable bonds is 1. The molecule has 0 radical (unpaired) electrons. The minimum atomic E-state index is 0.171. The molecule has 0 fully saturated rings. The first kappa shape index (κ1) is 10.3. The molecule has 0 saturated carbocycles. The van der Waals surface area contributed by atoms with Crippen molar-refractivity contribution in [2.45, 2.75) is 25.2 Å². The number of nitrogens with zero attached hydrogens (tertiary/aromatic N) is 1. The Labute approximate surface area is 104 Å². The third kappa shape index (κ3) is 1.26. The van der Waals surface area contributed by atoms with E-state index in [4.69, 9.17) is 4.99 Å². The largest absolute Gasteiger partial charge is 0.288 e. The Kier molecular flexibility index (Phi) is 2.28. The molecule has 2 heteroatoms. The summed E-state index contributed by atoms with van der Waals surface area (Å²) in [4.78, 5) is 4.70. The molecule has 3 rings (SSSR count). The van der Waals surface area contributed by atoms with E-state index < -0.39 is 0 Å². The van der Waals surface area contributed by atoms with Crippen LogP contribution >= 0.6 is 15.9 Å². The Bertz CT molecular complexity index is 501. The topological polar surface area (TPSA) is 12.4 Å². The monoisotopic (exact) mass is 275 g/mol. The van der Waals surface area contributed by atoms with Crippen LogP contribution in [0.3, 0.4) is 0 Å². The summed E-state index contributed by atoms with van der Waals surface area (Å²) >= 11 is 3.68. The molecule has 2 aliphatic rings. The molecule has 1 nitrogen and oxygen atoms in total. The van der Waals surface area contributed by atoms with Gasteiger partial charge in [-0.05, 0) is 37.0 Å². The Morgan fingerprint density at radius 3 is 2.94 bits per heavy atom. The molecule has 0 N–H and O–H groups in total. The zero-order valence-electron chi connectivity index (χ0n) is 9.33. The quantitative estimate of drug-likeness (QED) is 0.738. The van der Waals surface area contributed by atoms with Gasteiger partial charge in [0.15, 0.2) is 0 Å². The zero-order valence-corrected chi connectivity index (χ0v) is 10.9. The molecule has 1 aliphatic heterocycles. The van der Waals surface area contributed by atoms with Crippen molar-refractivity contribution in [3.05, 3.63) is 46.0 Å². The minimum Gasteiger partial charge on any atom is -0.288 e. The van der Waals surface area contributed by atoms with E-state index in [0.717, 1.165) is 19.4 Å². The molecule has 1 aromatic carbocycles. The van der Waals surface area contributed by atoms with Crippen LogP contribution in [0.1, 0.15) is 25.3 Å². The molecule has 0 unspecified atom stereocenters. The number of hydrogen-bond acceptors (Lipinski definition) is 1. The number of benzene rings is 1. The van der Waals surface area contributed by atoms with Gasteiger partial charge in [-0.1, -0.05) is 40.2 Å². The highest BCUT2D eigenvalue weighted by Crippen LogP contribution is 2.46. The maximum atomic E-state index is 4.70. The predicted molar refractivity (Wildman–Crippen MR) is 71.1 cm³/mol. The van der Waals surface area contributed by atoms with Gasteiger partial charge in [0, 0.05) is 22.1 Å². The molecule has 1 atom stereocenters. The van der Waals surface area contributed by atoms with Gasteiger partial charge < -0.3 is 0 Å². The van der Waals surface area contributed by atoms with Crippen LogP contribution in [0.2, 0.25) is 0 Å². The van der Waals surface area contributed by atoms with E-state index in [1.165, 1.54) is 21.3 Å². The number of hydrogen-bond donors (Lipinski definition) is 0. The van der Waals surface area contributed by atoms with Gasteiger partial charge in [-0.2, -0.15) is 0 Å². The summed E-state index contributed by atoms with van der Waals surface area (Å²) in [5, 5.41) is 0. The molecule has 1 aliphatic carbocycles. The van der Waals surface area contributed by atoms with Crippen LogP contribution in [-0.2, 0) is 5.41 Å². The van der Waals surface area contributed by atoms with E-state index in [1.54, 1.807) is 0 Å². The van der Waals surface area contributed by atoms with Crippen molar-refractivity contribution in [3.63, 3.8) is 0 Å². The van der Waals surface area contributed by atoms with E-state index in [2.05, 4.69) is 53.2 Å². The Morgan fingerprint density at radius 2 is 2.12 bits per heavy atom. The van der Waals surface area contributed by atoms with Gasteiger partial charge >= 0.3 is 0 Å². The van der Waals surface area contributed by atoms with Gasteiger partial charge in [0.05, 0.1) is 0 Å². The van der Waals surface area contributed by atoms with Crippen LogP contribution < -0.4 is 0 Å². The fourth-order valence-electron chi connectivity index (χ4n) is 2.97. The van der Waals surface area contributed by atoms with Gasteiger partial charge in [0.25, 0.3) is 0 Å². The summed E-state index contributed by atoms with van der Waals surface area (Å²) in [6, 6.07) is 8.56. The molecule has 1 heterocycles. The van der Waals surface area contributed by atoms with Gasteiger partial charge in [-0.3, -0.25) is 4.99 Å². The van der Waals surface area contributed by atoms with E-state index >= 15 is 0 Å². The molecular weight excluding hydrogens is 262 g/mol. The van der Waals surface area contributed by atoms with Gasteiger partial charge in [0.1, 0.15) is 0 Å². The van der Waals surface area contributed by atoms with Crippen molar-refractivity contribution >= 4 is 21.6 Å². The van der Waals surface area contributed by atoms with Crippen LogP contribution in [0.25, 0.3) is 0 Å². The number of aliphatic imine (C=N–C) groups is 1. The smallest absolute Gasteiger partial charge is 0.0484 e.